The van der Waals surface area contributed by atoms with Crippen LogP contribution in [0, 0.1) is 5.92 Å². The highest BCUT2D eigenvalue weighted by Gasteiger charge is 2.26. The molecule has 1 aromatic carbocycles. The first-order valence-corrected chi connectivity index (χ1v) is 5.55. The molecule has 0 heterocycles. The van der Waals surface area contributed by atoms with Crippen molar-refractivity contribution in [3.8, 4) is 5.75 Å². The van der Waals surface area contributed by atoms with Gasteiger partial charge in [0.1, 0.15) is 5.75 Å². The van der Waals surface area contributed by atoms with Gasteiger partial charge in [0.05, 0.1) is 24.6 Å². The van der Waals surface area contributed by atoms with Gasteiger partial charge in [0.15, 0.2) is 0 Å². The minimum Gasteiger partial charge on any atom is -0.495 e. The van der Waals surface area contributed by atoms with Crippen LogP contribution < -0.4 is 15.8 Å². The summed E-state index contributed by atoms with van der Waals surface area (Å²) in [7, 11) is 1.61. The minimum atomic E-state index is -0.102. The standard InChI is InChI=1S/C12H18N2O2/c1-16-11-4-2-3-10(12(11)13)14-7-8-5-9(15)6-8/h2-4,8-9,14-15H,5-7,13H2,1H3. The fourth-order valence-corrected chi connectivity index (χ4v) is 2.00. The Bertz CT molecular complexity index is 362. The summed E-state index contributed by atoms with van der Waals surface area (Å²) in [5, 5.41) is 12.5. The number of rotatable bonds is 4. The van der Waals surface area contributed by atoms with Crippen molar-refractivity contribution in [2.75, 3.05) is 24.7 Å². The number of anilines is 2. The smallest absolute Gasteiger partial charge is 0.143 e. The maximum absolute atomic E-state index is 9.18. The first kappa shape index (κ1) is 11.1. The highest BCUT2D eigenvalue weighted by molar-refractivity contribution is 5.72. The van der Waals surface area contributed by atoms with Crippen molar-refractivity contribution < 1.29 is 9.84 Å². The van der Waals surface area contributed by atoms with Crippen LogP contribution in [0.3, 0.4) is 0 Å². The van der Waals surface area contributed by atoms with Crippen LogP contribution in [0.4, 0.5) is 11.4 Å². The lowest BCUT2D eigenvalue weighted by Gasteiger charge is -2.31. The van der Waals surface area contributed by atoms with Crippen molar-refractivity contribution in [3.63, 3.8) is 0 Å². The van der Waals surface area contributed by atoms with Crippen molar-refractivity contribution in [2.24, 2.45) is 5.92 Å². The van der Waals surface area contributed by atoms with E-state index < -0.39 is 0 Å². The molecule has 0 saturated heterocycles. The largest absolute Gasteiger partial charge is 0.495 e. The zero-order valence-electron chi connectivity index (χ0n) is 9.44. The average molecular weight is 222 g/mol. The van der Waals surface area contributed by atoms with E-state index in [4.69, 9.17) is 10.5 Å². The first-order chi connectivity index (χ1) is 7.70. The van der Waals surface area contributed by atoms with Gasteiger partial charge in [-0.25, -0.2) is 0 Å². The molecule has 16 heavy (non-hydrogen) atoms. The molecule has 4 heteroatoms. The van der Waals surface area contributed by atoms with E-state index in [1.807, 2.05) is 18.2 Å². The van der Waals surface area contributed by atoms with Gasteiger partial charge >= 0.3 is 0 Å². The van der Waals surface area contributed by atoms with Gasteiger partial charge in [-0.05, 0) is 30.9 Å². The number of para-hydroxylation sites is 1. The fourth-order valence-electron chi connectivity index (χ4n) is 2.00. The zero-order chi connectivity index (χ0) is 11.5. The minimum absolute atomic E-state index is 0.102. The van der Waals surface area contributed by atoms with Crippen LogP contribution in [0.2, 0.25) is 0 Å². The quantitative estimate of drug-likeness (QED) is 0.675. The van der Waals surface area contributed by atoms with E-state index in [2.05, 4.69) is 5.32 Å². The molecule has 0 spiro atoms. The first-order valence-electron chi connectivity index (χ1n) is 5.55. The van der Waals surface area contributed by atoms with Crippen LogP contribution in [0.1, 0.15) is 12.8 Å². The maximum atomic E-state index is 9.18. The third kappa shape index (κ3) is 2.22. The molecule has 0 atom stereocenters. The van der Waals surface area contributed by atoms with E-state index in [0.717, 1.165) is 25.1 Å². The van der Waals surface area contributed by atoms with E-state index in [-0.39, 0.29) is 6.10 Å². The molecule has 1 aromatic rings. The van der Waals surface area contributed by atoms with Crippen LogP contribution in [-0.4, -0.2) is 24.9 Å². The molecular formula is C12H18N2O2. The number of nitrogen functional groups attached to an aromatic ring is 1. The third-order valence-corrected chi connectivity index (χ3v) is 3.08. The highest BCUT2D eigenvalue weighted by atomic mass is 16.5. The van der Waals surface area contributed by atoms with Crippen LogP contribution in [0.25, 0.3) is 0 Å². The Hall–Kier alpha value is -1.42. The zero-order valence-corrected chi connectivity index (χ0v) is 9.44. The van der Waals surface area contributed by atoms with Crippen molar-refractivity contribution in [3.05, 3.63) is 18.2 Å². The van der Waals surface area contributed by atoms with Crippen LogP contribution in [0.15, 0.2) is 18.2 Å². The van der Waals surface area contributed by atoms with Crippen molar-refractivity contribution in [1.82, 2.24) is 0 Å². The van der Waals surface area contributed by atoms with E-state index in [9.17, 15) is 5.11 Å². The maximum Gasteiger partial charge on any atom is 0.143 e. The molecule has 4 nitrogen and oxygen atoms in total. The fraction of sp³-hybridized carbons (Fsp3) is 0.500. The Morgan fingerprint density at radius 1 is 1.50 bits per heavy atom. The summed E-state index contributed by atoms with van der Waals surface area (Å²) in [6, 6.07) is 5.69. The molecule has 1 fully saturated rings. The average Bonchev–Trinajstić information content (AvgIpc) is 2.24. The van der Waals surface area contributed by atoms with Crippen molar-refractivity contribution in [2.45, 2.75) is 18.9 Å². The Morgan fingerprint density at radius 2 is 2.25 bits per heavy atom. The monoisotopic (exact) mass is 222 g/mol. The Morgan fingerprint density at radius 3 is 2.88 bits per heavy atom. The molecule has 0 bridgehead atoms. The van der Waals surface area contributed by atoms with Gasteiger partial charge in [0, 0.05) is 6.54 Å². The van der Waals surface area contributed by atoms with Gasteiger partial charge in [0.25, 0.3) is 0 Å². The van der Waals surface area contributed by atoms with E-state index in [1.54, 1.807) is 7.11 Å². The third-order valence-electron chi connectivity index (χ3n) is 3.08. The summed E-state index contributed by atoms with van der Waals surface area (Å²) >= 11 is 0. The van der Waals surface area contributed by atoms with Crippen molar-refractivity contribution >= 4 is 11.4 Å². The van der Waals surface area contributed by atoms with Gasteiger partial charge in [-0.1, -0.05) is 6.07 Å². The summed E-state index contributed by atoms with van der Waals surface area (Å²) in [6.45, 7) is 0.856. The van der Waals surface area contributed by atoms with Gasteiger partial charge in [-0.15, -0.1) is 0 Å². The van der Waals surface area contributed by atoms with Gasteiger partial charge in [0.2, 0.25) is 0 Å². The second-order valence-corrected chi connectivity index (χ2v) is 4.29. The molecular weight excluding hydrogens is 204 g/mol. The number of ether oxygens (including phenoxy) is 1. The molecule has 1 aliphatic rings. The lowest BCUT2D eigenvalue weighted by molar-refractivity contribution is 0.0487. The lowest BCUT2D eigenvalue weighted by Crippen LogP contribution is -2.33. The number of nitrogens with one attached hydrogen (secondary N) is 1. The van der Waals surface area contributed by atoms with Crippen molar-refractivity contribution in [1.29, 1.82) is 0 Å². The summed E-state index contributed by atoms with van der Waals surface area (Å²) in [5.74, 6) is 1.25. The lowest BCUT2D eigenvalue weighted by atomic mass is 9.82. The number of benzene rings is 1. The molecule has 88 valence electrons. The molecule has 4 N–H and O–H groups in total. The Labute approximate surface area is 95.4 Å². The topological polar surface area (TPSA) is 67.5 Å². The molecule has 2 rings (SSSR count). The number of hydrogen-bond donors (Lipinski definition) is 3. The SMILES string of the molecule is COc1cccc(NCC2CC(O)C2)c1N. The Kier molecular flexibility index (Phi) is 3.19. The van der Waals surface area contributed by atoms with Crippen LogP contribution >= 0.6 is 0 Å². The summed E-state index contributed by atoms with van der Waals surface area (Å²) < 4.78 is 5.14. The highest BCUT2D eigenvalue weighted by Crippen LogP contribution is 2.31. The Balaban J connectivity index is 1.93. The number of nitrogens with two attached hydrogens (primary N) is 1. The van der Waals surface area contributed by atoms with Gasteiger partial charge < -0.3 is 20.9 Å². The van der Waals surface area contributed by atoms with Gasteiger partial charge in [-0.2, -0.15) is 0 Å². The summed E-state index contributed by atoms with van der Waals surface area (Å²) in [5.41, 5.74) is 7.48. The molecule has 0 radical (unpaired) electrons. The molecule has 0 amide bonds. The number of aliphatic hydroxyl groups is 1. The summed E-state index contributed by atoms with van der Waals surface area (Å²) in [4.78, 5) is 0. The van der Waals surface area contributed by atoms with Crippen LogP contribution in [-0.2, 0) is 0 Å². The molecule has 1 aliphatic carbocycles. The second-order valence-electron chi connectivity index (χ2n) is 4.29. The predicted octanol–water partition coefficient (Wildman–Crippen LogP) is 1.46. The van der Waals surface area contributed by atoms with E-state index in [1.165, 1.54) is 0 Å². The summed E-state index contributed by atoms with van der Waals surface area (Å²) in [6.07, 6.45) is 1.67. The molecule has 0 aromatic heterocycles. The molecule has 0 unspecified atom stereocenters. The van der Waals surface area contributed by atoms with Crippen LogP contribution in [0.5, 0.6) is 5.75 Å². The molecule has 0 aliphatic heterocycles. The van der Waals surface area contributed by atoms with E-state index >= 15 is 0 Å². The number of aliphatic hydroxyl groups excluding tert-OH is 1. The van der Waals surface area contributed by atoms with E-state index in [0.29, 0.717) is 17.4 Å². The van der Waals surface area contributed by atoms with Gasteiger partial charge in [-0.3, -0.25) is 0 Å². The second kappa shape index (κ2) is 4.61. The number of hydrogen-bond acceptors (Lipinski definition) is 4. The number of methoxy groups -OCH3 is 1. The predicted molar refractivity (Wildman–Crippen MR) is 64.6 cm³/mol. The molecule has 1 saturated carbocycles. The normalized spacial score (nSPS) is 23.6.